The number of carboxylic acid groups (broad SMARTS) is 2. The minimum absolute atomic E-state index is 0.191. The lowest BCUT2D eigenvalue weighted by molar-refractivity contribution is -0.326. The van der Waals surface area contributed by atoms with Crippen molar-refractivity contribution < 1.29 is 49.7 Å². The molecule has 1 aliphatic rings. The highest BCUT2D eigenvalue weighted by Gasteiger charge is 2.51. The Kier molecular flexibility index (Phi) is 7.08. The van der Waals surface area contributed by atoms with Crippen molar-refractivity contribution in [1.29, 1.82) is 0 Å². The number of aliphatic hydroxyl groups is 4. The zero-order valence-electron chi connectivity index (χ0n) is 13.4. The third-order valence-corrected chi connectivity index (χ3v) is 3.75. The van der Waals surface area contributed by atoms with Gasteiger partial charge < -0.3 is 40.1 Å². The summed E-state index contributed by atoms with van der Waals surface area (Å²) in [6.45, 7) is 2.61. The molecule has 0 amide bonds. The van der Waals surface area contributed by atoms with E-state index in [-0.39, 0.29) is 12.3 Å². The molecule has 0 aromatic rings. The molecular weight excluding hydrogens is 328 g/mol. The molecule has 24 heavy (non-hydrogen) atoms. The fraction of sp³-hybridized carbons (Fsp3) is 0.857. The molecule has 10 heteroatoms. The summed E-state index contributed by atoms with van der Waals surface area (Å²) in [5.41, 5.74) is -2.20. The van der Waals surface area contributed by atoms with Gasteiger partial charge in [-0.05, 0) is 12.3 Å². The monoisotopic (exact) mass is 352 g/mol. The van der Waals surface area contributed by atoms with E-state index in [2.05, 4.69) is 0 Å². The number of hydrogen-bond acceptors (Lipinski definition) is 8. The molecule has 1 saturated heterocycles. The van der Waals surface area contributed by atoms with Crippen molar-refractivity contribution in [3.63, 3.8) is 0 Å². The van der Waals surface area contributed by atoms with Crippen molar-refractivity contribution >= 4 is 11.9 Å². The van der Waals surface area contributed by atoms with Crippen LogP contribution in [0.5, 0.6) is 0 Å². The lowest BCUT2D eigenvalue weighted by Crippen LogP contribution is -2.62. The molecule has 0 spiro atoms. The molecule has 0 aliphatic carbocycles. The maximum absolute atomic E-state index is 11.7. The summed E-state index contributed by atoms with van der Waals surface area (Å²) in [6.07, 6.45) is -9.30. The van der Waals surface area contributed by atoms with Gasteiger partial charge in [-0.1, -0.05) is 13.8 Å². The SMILES string of the molecule is CC(C)CC(CC(=O)O)(OC1OC(CO)C(O)C(O)C1O)C(=O)O. The van der Waals surface area contributed by atoms with Crippen LogP contribution >= 0.6 is 0 Å². The van der Waals surface area contributed by atoms with E-state index in [4.69, 9.17) is 19.7 Å². The summed E-state index contributed by atoms with van der Waals surface area (Å²) in [5, 5.41) is 57.1. The average molecular weight is 352 g/mol. The van der Waals surface area contributed by atoms with Gasteiger partial charge in [0.1, 0.15) is 24.4 Å². The van der Waals surface area contributed by atoms with Crippen molar-refractivity contribution in [2.24, 2.45) is 5.92 Å². The van der Waals surface area contributed by atoms with Gasteiger partial charge in [0.15, 0.2) is 11.9 Å². The van der Waals surface area contributed by atoms with Crippen LogP contribution in [0.15, 0.2) is 0 Å². The normalized spacial score (nSPS) is 33.2. The van der Waals surface area contributed by atoms with Crippen molar-refractivity contribution in [1.82, 2.24) is 0 Å². The van der Waals surface area contributed by atoms with E-state index in [9.17, 15) is 30.0 Å². The van der Waals surface area contributed by atoms with Crippen LogP contribution in [0.4, 0.5) is 0 Å². The second-order valence-corrected chi connectivity index (χ2v) is 6.28. The van der Waals surface area contributed by atoms with E-state index in [1.807, 2.05) is 0 Å². The van der Waals surface area contributed by atoms with Gasteiger partial charge in [-0.15, -0.1) is 0 Å². The fourth-order valence-corrected chi connectivity index (χ4v) is 2.67. The molecule has 6 N–H and O–H groups in total. The molecular formula is C14H24O10. The van der Waals surface area contributed by atoms with E-state index in [0.29, 0.717) is 0 Å². The highest BCUT2D eigenvalue weighted by atomic mass is 16.7. The third kappa shape index (κ3) is 4.62. The van der Waals surface area contributed by atoms with E-state index >= 15 is 0 Å². The summed E-state index contributed by atoms with van der Waals surface area (Å²) in [4.78, 5) is 22.8. The van der Waals surface area contributed by atoms with E-state index in [1.165, 1.54) is 0 Å². The number of carboxylic acids is 2. The zero-order valence-corrected chi connectivity index (χ0v) is 13.4. The number of hydrogen-bond donors (Lipinski definition) is 6. The number of rotatable bonds is 8. The minimum Gasteiger partial charge on any atom is -0.481 e. The average Bonchev–Trinajstić information content (AvgIpc) is 2.46. The van der Waals surface area contributed by atoms with Gasteiger partial charge in [-0.3, -0.25) is 4.79 Å². The Morgan fingerprint density at radius 2 is 1.71 bits per heavy atom. The molecule has 1 aliphatic heterocycles. The zero-order chi connectivity index (χ0) is 18.7. The highest BCUT2D eigenvalue weighted by Crippen LogP contribution is 2.32. The maximum Gasteiger partial charge on any atom is 0.336 e. The van der Waals surface area contributed by atoms with Crippen LogP contribution in [-0.4, -0.2) is 85.5 Å². The standard InChI is InChI=1S/C14H24O10/c1-6(2)3-14(13(21)22,4-8(16)17)24-12-11(20)10(19)9(18)7(5-15)23-12/h6-7,9-12,15,18-20H,3-5H2,1-2H3,(H,16,17)(H,21,22). The first-order valence-corrected chi connectivity index (χ1v) is 7.47. The van der Waals surface area contributed by atoms with Gasteiger partial charge in [0.2, 0.25) is 0 Å². The van der Waals surface area contributed by atoms with Gasteiger partial charge in [-0.2, -0.15) is 0 Å². The molecule has 0 aromatic carbocycles. The molecule has 0 radical (unpaired) electrons. The minimum atomic E-state index is -2.20. The Balaban J connectivity index is 3.11. The van der Waals surface area contributed by atoms with Crippen LogP contribution in [-0.2, 0) is 19.1 Å². The number of aliphatic carboxylic acids is 2. The molecule has 6 atom stereocenters. The van der Waals surface area contributed by atoms with Crippen LogP contribution in [0, 0.1) is 5.92 Å². The van der Waals surface area contributed by atoms with E-state index in [1.54, 1.807) is 13.8 Å². The Bertz CT molecular complexity index is 451. The molecule has 1 fully saturated rings. The summed E-state index contributed by atoms with van der Waals surface area (Å²) < 4.78 is 10.4. The topological polar surface area (TPSA) is 174 Å². The Labute approximate surface area is 138 Å². The molecule has 0 bridgehead atoms. The fourth-order valence-electron chi connectivity index (χ4n) is 2.67. The summed E-state index contributed by atoms with van der Waals surface area (Å²) in [6, 6.07) is 0. The predicted octanol–water partition coefficient (Wildman–Crippen LogP) is -1.85. The molecule has 1 heterocycles. The molecule has 0 aromatic heterocycles. The number of carbonyl (C=O) groups is 2. The Morgan fingerprint density at radius 3 is 2.12 bits per heavy atom. The number of ether oxygens (including phenoxy) is 2. The largest absolute Gasteiger partial charge is 0.481 e. The first-order chi connectivity index (χ1) is 11.0. The summed E-state index contributed by atoms with van der Waals surface area (Å²) in [7, 11) is 0. The first-order valence-electron chi connectivity index (χ1n) is 7.47. The van der Waals surface area contributed by atoms with Crippen LogP contribution in [0.25, 0.3) is 0 Å². The van der Waals surface area contributed by atoms with Crippen molar-refractivity contribution in [2.75, 3.05) is 6.61 Å². The second kappa shape index (κ2) is 8.19. The van der Waals surface area contributed by atoms with Crippen LogP contribution in [0.2, 0.25) is 0 Å². The van der Waals surface area contributed by atoms with Crippen molar-refractivity contribution in [3.05, 3.63) is 0 Å². The quantitative estimate of drug-likeness (QED) is 0.291. The first kappa shape index (κ1) is 20.7. The lowest BCUT2D eigenvalue weighted by Gasteiger charge is -2.43. The molecule has 140 valence electrons. The molecule has 10 nitrogen and oxygen atoms in total. The van der Waals surface area contributed by atoms with Gasteiger partial charge >= 0.3 is 11.9 Å². The number of aliphatic hydroxyl groups excluding tert-OH is 4. The smallest absolute Gasteiger partial charge is 0.336 e. The lowest BCUT2D eigenvalue weighted by atomic mass is 9.88. The van der Waals surface area contributed by atoms with Crippen LogP contribution in [0.1, 0.15) is 26.7 Å². The second-order valence-electron chi connectivity index (χ2n) is 6.28. The van der Waals surface area contributed by atoms with Gasteiger partial charge in [0.25, 0.3) is 0 Å². The van der Waals surface area contributed by atoms with Gasteiger partial charge in [-0.25, -0.2) is 4.79 Å². The summed E-state index contributed by atoms with van der Waals surface area (Å²) >= 11 is 0. The van der Waals surface area contributed by atoms with E-state index in [0.717, 1.165) is 0 Å². The molecule has 0 saturated carbocycles. The Hall–Kier alpha value is -1.30. The van der Waals surface area contributed by atoms with Crippen LogP contribution in [0.3, 0.4) is 0 Å². The van der Waals surface area contributed by atoms with Crippen molar-refractivity contribution in [3.8, 4) is 0 Å². The third-order valence-electron chi connectivity index (χ3n) is 3.75. The van der Waals surface area contributed by atoms with E-state index < -0.39 is 61.3 Å². The van der Waals surface area contributed by atoms with Crippen LogP contribution < -0.4 is 0 Å². The highest BCUT2D eigenvalue weighted by molar-refractivity contribution is 5.84. The van der Waals surface area contributed by atoms with Gasteiger partial charge in [0.05, 0.1) is 13.0 Å². The summed E-state index contributed by atoms with van der Waals surface area (Å²) in [5.74, 6) is -3.25. The van der Waals surface area contributed by atoms with Gasteiger partial charge in [0, 0.05) is 0 Å². The molecule has 1 rings (SSSR count). The maximum atomic E-state index is 11.7. The molecule has 6 unspecified atom stereocenters. The Morgan fingerprint density at radius 1 is 1.12 bits per heavy atom. The van der Waals surface area contributed by atoms with Crippen molar-refractivity contribution in [2.45, 2.75) is 63.0 Å². The predicted molar refractivity (Wildman–Crippen MR) is 76.9 cm³/mol.